The largest absolute Gasteiger partial charge is 0.347 e. The number of fused-ring (bicyclic) bond motifs is 1. The van der Waals surface area contributed by atoms with Gasteiger partial charge in [-0.25, -0.2) is 0 Å². The predicted octanol–water partition coefficient (Wildman–Crippen LogP) is 3.07. The molecule has 1 fully saturated rings. The molecule has 0 bridgehead atoms. The maximum atomic E-state index is 12.4. The van der Waals surface area contributed by atoms with E-state index in [1.54, 1.807) is 0 Å². The summed E-state index contributed by atoms with van der Waals surface area (Å²) in [6.07, 6.45) is 2.38. The van der Waals surface area contributed by atoms with Crippen LogP contribution in [0, 0.1) is 6.92 Å². The summed E-state index contributed by atoms with van der Waals surface area (Å²) in [5.41, 5.74) is 2.84. The first-order valence-corrected chi connectivity index (χ1v) is 6.97. The number of nitrogens with one attached hydrogen (secondary N) is 1. The van der Waals surface area contributed by atoms with Crippen LogP contribution in [0.25, 0.3) is 10.9 Å². The van der Waals surface area contributed by atoms with Crippen LogP contribution in [-0.2, 0) is 7.05 Å². The minimum atomic E-state index is 0.164. The molecule has 3 nitrogen and oxygen atoms in total. The smallest absolute Gasteiger partial charge is 0.179 e. The number of hydrogen-bond donors (Lipinski definition) is 1. The van der Waals surface area contributed by atoms with Gasteiger partial charge in [0.2, 0.25) is 0 Å². The van der Waals surface area contributed by atoms with Gasteiger partial charge in [0, 0.05) is 34.8 Å². The van der Waals surface area contributed by atoms with Crippen LogP contribution in [0.15, 0.2) is 18.2 Å². The molecule has 0 atom stereocenters. The van der Waals surface area contributed by atoms with Crippen molar-refractivity contribution >= 4 is 28.3 Å². The summed E-state index contributed by atoms with van der Waals surface area (Å²) < 4.78 is 2.03. The van der Waals surface area contributed by atoms with Crippen molar-refractivity contribution in [2.24, 2.45) is 7.05 Å². The van der Waals surface area contributed by atoms with Crippen molar-refractivity contribution in [3.8, 4) is 0 Å². The first-order chi connectivity index (χ1) is 9.08. The van der Waals surface area contributed by atoms with Crippen LogP contribution < -0.4 is 5.32 Å². The van der Waals surface area contributed by atoms with Gasteiger partial charge in [0.05, 0.1) is 12.1 Å². The first kappa shape index (κ1) is 12.7. The lowest BCUT2D eigenvalue weighted by Gasteiger charge is -2.03. The quantitative estimate of drug-likeness (QED) is 0.871. The molecule has 1 heterocycles. The summed E-state index contributed by atoms with van der Waals surface area (Å²) in [5, 5.41) is 4.97. The van der Waals surface area contributed by atoms with Gasteiger partial charge in [-0.3, -0.25) is 4.79 Å². The van der Waals surface area contributed by atoms with Crippen molar-refractivity contribution in [3.05, 3.63) is 34.5 Å². The van der Waals surface area contributed by atoms with E-state index in [9.17, 15) is 4.79 Å². The maximum Gasteiger partial charge on any atom is 0.179 e. The van der Waals surface area contributed by atoms with E-state index in [4.69, 9.17) is 11.6 Å². The average Bonchev–Trinajstić information content (AvgIpc) is 3.17. The number of carbonyl (C=O) groups is 1. The molecule has 1 saturated carbocycles. The molecule has 4 heteroatoms. The fourth-order valence-corrected chi connectivity index (χ4v) is 2.67. The Morgan fingerprint density at radius 3 is 2.89 bits per heavy atom. The fourth-order valence-electron chi connectivity index (χ4n) is 2.50. The Morgan fingerprint density at radius 2 is 2.21 bits per heavy atom. The monoisotopic (exact) mass is 276 g/mol. The molecule has 1 aromatic carbocycles. The van der Waals surface area contributed by atoms with E-state index in [1.807, 2.05) is 36.7 Å². The van der Waals surface area contributed by atoms with Crippen molar-refractivity contribution in [2.75, 3.05) is 6.54 Å². The van der Waals surface area contributed by atoms with Crippen LogP contribution in [0.5, 0.6) is 0 Å². The van der Waals surface area contributed by atoms with E-state index in [-0.39, 0.29) is 5.78 Å². The molecule has 0 spiro atoms. The minimum Gasteiger partial charge on any atom is -0.347 e. The topological polar surface area (TPSA) is 34.0 Å². The Hall–Kier alpha value is -1.32. The average molecular weight is 277 g/mol. The third-order valence-electron chi connectivity index (χ3n) is 3.86. The minimum absolute atomic E-state index is 0.164. The van der Waals surface area contributed by atoms with Crippen LogP contribution >= 0.6 is 11.6 Å². The molecule has 19 heavy (non-hydrogen) atoms. The highest BCUT2D eigenvalue weighted by Gasteiger charge is 2.23. The second kappa shape index (κ2) is 4.66. The van der Waals surface area contributed by atoms with Gasteiger partial charge in [0.25, 0.3) is 0 Å². The molecule has 0 amide bonds. The summed E-state index contributed by atoms with van der Waals surface area (Å²) in [5.74, 6) is 0.164. The zero-order chi connectivity index (χ0) is 13.6. The highest BCUT2D eigenvalue weighted by molar-refractivity contribution is 6.31. The van der Waals surface area contributed by atoms with Gasteiger partial charge in [0.15, 0.2) is 5.78 Å². The summed E-state index contributed by atoms with van der Waals surface area (Å²) in [7, 11) is 1.97. The summed E-state index contributed by atoms with van der Waals surface area (Å²) >= 11 is 6.03. The number of aryl methyl sites for hydroxylation is 1. The Bertz CT molecular complexity index is 656. The molecule has 1 aromatic heterocycles. The van der Waals surface area contributed by atoms with Gasteiger partial charge in [-0.05, 0) is 31.9 Å². The van der Waals surface area contributed by atoms with Crippen LogP contribution in [0.2, 0.25) is 5.02 Å². The van der Waals surface area contributed by atoms with Crippen LogP contribution in [0.3, 0.4) is 0 Å². The van der Waals surface area contributed by atoms with Gasteiger partial charge in [-0.1, -0.05) is 17.7 Å². The zero-order valence-electron chi connectivity index (χ0n) is 11.2. The summed E-state index contributed by atoms with van der Waals surface area (Å²) in [4.78, 5) is 12.4. The second-order valence-electron chi connectivity index (χ2n) is 5.26. The van der Waals surface area contributed by atoms with E-state index in [2.05, 4.69) is 5.32 Å². The number of rotatable bonds is 4. The molecule has 0 radical (unpaired) electrons. The van der Waals surface area contributed by atoms with Crippen molar-refractivity contribution < 1.29 is 4.79 Å². The van der Waals surface area contributed by atoms with E-state index in [0.29, 0.717) is 17.6 Å². The number of Topliss-reactive ketones (excluding diaryl/α,β-unsaturated/α-hetero) is 1. The molecular weight excluding hydrogens is 260 g/mol. The SMILES string of the molecule is Cc1c(C(=O)CNC2CC2)c2ccc(Cl)cc2n1C. The third-order valence-corrected chi connectivity index (χ3v) is 4.10. The van der Waals surface area contributed by atoms with Crippen molar-refractivity contribution in [1.29, 1.82) is 0 Å². The number of halogens is 1. The number of benzene rings is 1. The molecule has 1 aliphatic rings. The molecule has 1 aliphatic carbocycles. The second-order valence-corrected chi connectivity index (χ2v) is 5.70. The Balaban J connectivity index is 2.01. The molecule has 1 N–H and O–H groups in total. The van der Waals surface area contributed by atoms with Gasteiger partial charge < -0.3 is 9.88 Å². The molecule has 0 unspecified atom stereocenters. The highest BCUT2D eigenvalue weighted by Crippen LogP contribution is 2.28. The van der Waals surface area contributed by atoms with E-state index < -0.39 is 0 Å². The molecule has 3 rings (SSSR count). The van der Waals surface area contributed by atoms with Gasteiger partial charge in [0.1, 0.15) is 0 Å². The van der Waals surface area contributed by atoms with Crippen molar-refractivity contribution in [2.45, 2.75) is 25.8 Å². The van der Waals surface area contributed by atoms with E-state index >= 15 is 0 Å². The van der Waals surface area contributed by atoms with Crippen molar-refractivity contribution in [1.82, 2.24) is 9.88 Å². The summed E-state index contributed by atoms with van der Waals surface area (Å²) in [6.45, 7) is 2.41. The molecule has 100 valence electrons. The fraction of sp³-hybridized carbons (Fsp3) is 0.400. The van der Waals surface area contributed by atoms with E-state index in [1.165, 1.54) is 12.8 Å². The Morgan fingerprint density at radius 1 is 1.47 bits per heavy atom. The van der Waals surface area contributed by atoms with Crippen LogP contribution in [0.1, 0.15) is 28.9 Å². The standard InChI is InChI=1S/C15H17ClN2O/c1-9-15(14(19)8-17-11-4-5-11)12-6-3-10(16)7-13(12)18(9)2/h3,6-7,11,17H,4-5,8H2,1-2H3. The summed E-state index contributed by atoms with van der Waals surface area (Å²) in [6, 6.07) is 6.24. The zero-order valence-corrected chi connectivity index (χ0v) is 11.9. The van der Waals surface area contributed by atoms with Gasteiger partial charge in [-0.2, -0.15) is 0 Å². The molecule has 0 saturated heterocycles. The number of ketones is 1. The number of nitrogens with zero attached hydrogens (tertiary/aromatic N) is 1. The number of carbonyl (C=O) groups excluding carboxylic acids is 1. The lowest BCUT2D eigenvalue weighted by molar-refractivity contribution is 0.0991. The van der Waals surface area contributed by atoms with E-state index in [0.717, 1.165) is 22.2 Å². The lowest BCUT2D eigenvalue weighted by Crippen LogP contribution is -2.25. The lowest BCUT2D eigenvalue weighted by atomic mass is 10.1. The third kappa shape index (κ3) is 2.28. The first-order valence-electron chi connectivity index (χ1n) is 6.59. The normalized spacial score (nSPS) is 15.1. The van der Waals surface area contributed by atoms with Crippen LogP contribution in [-0.4, -0.2) is 22.9 Å². The Kier molecular flexibility index (Phi) is 3.11. The molecular formula is C15H17ClN2O. The molecule has 0 aliphatic heterocycles. The van der Waals surface area contributed by atoms with Crippen LogP contribution in [0.4, 0.5) is 0 Å². The van der Waals surface area contributed by atoms with Gasteiger partial charge in [-0.15, -0.1) is 0 Å². The Labute approximate surface area is 117 Å². The maximum absolute atomic E-state index is 12.4. The number of aromatic nitrogens is 1. The predicted molar refractivity (Wildman–Crippen MR) is 78.0 cm³/mol. The highest BCUT2D eigenvalue weighted by atomic mass is 35.5. The van der Waals surface area contributed by atoms with Crippen molar-refractivity contribution in [3.63, 3.8) is 0 Å². The van der Waals surface area contributed by atoms with Gasteiger partial charge >= 0.3 is 0 Å². The molecule has 2 aromatic rings. The number of hydrogen-bond acceptors (Lipinski definition) is 2.